The van der Waals surface area contributed by atoms with E-state index in [0.29, 0.717) is 22.9 Å². The number of ether oxygens (including phenoxy) is 1. The van der Waals surface area contributed by atoms with Crippen LogP contribution in [0.3, 0.4) is 0 Å². The van der Waals surface area contributed by atoms with Gasteiger partial charge in [0.05, 0.1) is 27.8 Å². The minimum Gasteiger partial charge on any atom is -0.478 e. The quantitative estimate of drug-likeness (QED) is 0.127. The number of unbranched alkanes of at least 4 members (excludes halogenated alkanes) is 1. The second-order valence-electron chi connectivity index (χ2n) is 8.68. The number of aliphatic carboxylic acids is 1. The van der Waals surface area contributed by atoms with Gasteiger partial charge in [0.2, 0.25) is 0 Å². The highest BCUT2D eigenvalue weighted by molar-refractivity contribution is 8.24. The molecular weight excluding hydrogens is 472 g/mol. The topological polar surface area (TPSA) is 116 Å². The van der Waals surface area contributed by atoms with Crippen LogP contribution < -0.4 is 15.4 Å². The number of carbonyl (C=O) groups is 1. The van der Waals surface area contributed by atoms with Gasteiger partial charge in [-0.1, -0.05) is 26.7 Å². The smallest absolute Gasteiger partial charge is 0.331 e. The van der Waals surface area contributed by atoms with Crippen LogP contribution in [0.5, 0.6) is 5.75 Å². The molecule has 1 unspecified atom stereocenters. The van der Waals surface area contributed by atoms with E-state index in [0.717, 1.165) is 54.3 Å². The van der Waals surface area contributed by atoms with E-state index >= 15 is 0 Å². The molecule has 1 aliphatic rings. The molecule has 0 spiro atoms. The Balaban J connectivity index is 2.21. The SMILES string of the molecule is CCCCC1(CC)CN(c2ccc(N)cc2)c2cc(SC)c(OC=CC(=O)O)cc2S(O)(O)C1. The molecule has 0 fully saturated rings. The molecule has 5 N–H and O–H groups in total. The van der Waals surface area contributed by atoms with Crippen LogP contribution in [0, 0.1) is 5.41 Å². The molecule has 7 nitrogen and oxygen atoms in total. The van der Waals surface area contributed by atoms with Gasteiger partial charge in [0.15, 0.2) is 0 Å². The average molecular weight is 507 g/mol. The lowest BCUT2D eigenvalue weighted by Crippen LogP contribution is -2.37. The Bertz CT molecular complexity index is 1040. The first-order chi connectivity index (χ1) is 16.1. The molecule has 9 heteroatoms. The maximum Gasteiger partial charge on any atom is 0.331 e. The zero-order valence-electron chi connectivity index (χ0n) is 19.9. The number of benzene rings is 2. The van der Waals surface area contributed by atoms with E-state index in [-0.39, 0.29) is 11.2 Å². The number of carboxylic acids is 1. The number of hydrogen-bond acceptors (Lipinski definition) is 7. The van der Waals surface area contributed by atoms with Gasteiger partial charge in [0.25, 0.3) is 0 Å². The fourth-order valence-electron chi connectivity index (χ4n) is 4.37. The zero-order valence-corrected chi connectivity index (χ0v) is 21.5. The summed E-state index contributed by atoms with van der Waals surface area (Å²) in [4.78, 5) is 14.2. The molecule has 0 saturated heterocycles. The Morgan fingerprint density at radius 3 is 2.56 bits per heavy atom. The molecular formula is C25H34N2O5S2. The van der Waals surface area contributed by atoms with Crippen LogP contribution in [0.1, 0.15) is 39.5 Å². The third-order valence-electron chi connectivity index (χ3n) is 6.31. The van der Waals surface area contributed by atoms with E-state index in [1.165, 1.54) is 11.8 Å². The van der Waals surface area contributed by atoms with Crippen LogP contribution in [0.4, 0.5) is 17.1 Å². The Hall–Kier alpha value is -2.33. The number of hydrogen-bond donors (Lipinski definition) is 4. The van der Waals surface area contributed by atoms with Crippen molar-refractivity contribution < 1.29 is 23.7 Å². The molecule has 186 valence electrons. The molecule has 1 heterocycles. The molecule has 3 rings (SSSR count). The van der Waals surface area contributed by atoms with E-state index in [2.05, 4.69) is 18.7 Å². The van der Waals surface area contributed by atoms with Gasteiger partial charge in [0, 0.05) is 35.2 Å². The number of nitrogens with zero attached hydrogens (tertiary/aromatic N) is 1. The number of fused-ring (bicyclic) bond motifs is 1. The first-order valence-corrected chi connectivity index (χ1v) is 14.3. The summed E-state index contributed by atoms with van der Waals surface area (Å²) in [5.41, 5.74) is 7.95. The molecule has 0 aliphatic carbocycles. The van der Waals surface area contributed by atoms with Gasteiger partial charge >= 0.3 is 5.97 Å². The zero-order chi connectivity index (χ0) is 24.9. The molecule has 1 aliphatic heterocycles. The van der Waals surface area contributed by atoms with E-state index in [9.17, 15) is 13.9 Å². The monoisotopic (exact) mass is 506 g/mol. The van der Waals surface area contributed by atoms with Gasteiger partial charge in [-0.15, -0.1) is 11.8 Å². The van der Waals surface area contributed by atoms with Gasteiger partial charge in [-0.25, -0.2) is 4.79 Å². The minimum absolute atomic E-state index is 0.262. The van der Waals surface area contributed by atoms with Crippen LogP contribution in [0.25, 0.3) is 0 Å². The van der Waals surface area contributed by atoms with Crippen molar-refractivity contribution in [3.8, 4) is 5.75 Å². The molecule has 1 atom stereocenters. The lowest BCUT2D eigenvalue weighted by atomic mass is 9.81. The lowest BCUT2D eigenvalue weighted by Gasteiger charge is -2.41. The normalized spacial score (nSPS) is 20.6. The van der Waals surface area contributed by atoms with Gasteiger partial charge in [-0.2, -0.15) is 10.6 Å². The predicted molar refractivity (Wildman–Crippen MR) is 142 cm³/mol. The Morgan fingerprint density at radius 2 is 1.97 bits per heavy atom. The molecule has 0 saturated carbocycles. The second-order valence-corrected chi connectivity index (χ2v) is 11.6. The van der Waals surface area contributed by atoms with Crippen LogP contribution in [-0.4, -0.2) is 38.7 Å². The van der Waals surface area contributed by atoms with E-state index in [4.69, 9.17) is 15.6 Å². The van der Waals surface area contributed by atoms with E-state index in [1.54, 1.807) is 6.07 Å². The third kappa shape index (κ3) is 5.83. The van der Waals surface area contributed by atoms with Crippen molar-refractivity contribution in [2.45, 2.75) is 49.3 Å². The summed E-state index contributed by atoms with van der Waals surface area (Å²) in [6.45, 7) is 4.90. The number of nitrogen functional groups attached to an aromatic ring is 1. The van der Waals surface area contributed by atoms with Crippen LogP contribution >= 0.6 is 22.4 Å². The summed E-state index contributed by atoms with van der Waals surface area (Å²) >= 11 is 1.45. The summed E-state index contributed by atoms with van der Waals surface area (Å²) in [5.74, 6) is -0.473. The summed E-state index contributed by atoms with van der Waals surface area (Å²) < 4.78 is 28.6. The molecule has 2 aromatic carbocycles. The highest BCUT2D eigenvalue weighted by Crippen LogP contribution is 2.62. The number of carboxylic acid groups (broad SMARTS) is 1. The van der Waals surface area contributed by atoms with Gasteiger partial charge < -0.3 is 20.5 Å². The number of thioether (sulfide) groups is 1. The van der Waals surface area contributed by atoms with Gasteiger partial charge in [-0.3, -0.25) is 9.11 Å². The molecule has 0 amide bonds. The fourth-order valence-corrected chi connectivity index (χ4v) is 7.16. The number of rotatable bonds is 9. The molecule has 0 bridgehead atoms. The molecule has 0 radical (unpaired) electrons. The van der Waals surface area contributed by atoms with Crippen LogP contribution in [0.2, 0.25) is 0 Å². The van der Waals surface area contributed by atoms with Gasteiger partial charge in [0.1, 0.15) is 5.75 Å². The van der Waals surface area contributed by atoms with Crippen LogP contribution in [-0.2, 0) is 4.79 Å². The largest absolute Gasteiger partial charge is 0.478 e. The predicted octanol–water partition coefficient (Wildman–Crippen LogP) is 6.82. The van der Waals surface area contributed by atoms with Crippen molar-refractivity contribution in [3.63, 3.8) is 0 Å². The maximum atomic E-state index is 11.5. The molecule has 34 heavy (non-hydrogen) atoms. The van der Waals surface area contributed by atoms with Crippen molar-refractivity contribution in [3.05, 3.63) is 48.7 Å². The van der Waals surface area contributed by atoms with Crippen LogP contribution in [0.15, 0.2) is 58.5 Å². The third-order valence-corrected chi connectivity index (χ3v) is 9.12. The van der Waals surface area contributed by atoms with Crippen molar-refractivity contribution >= 4 is 45.4 Å². The summed E-state index contributed by atoms with van der Waals surface area (Å²) in [6, 6.07) is 11.2. The fraction of sp³-hybridized carbons (Fsp3) is 0.400. The highest BCUT2D eigenvalue weighted by Gasteiger charge is 2.42. The summed E-state index contributed by atoms with van der Waals surface area (Å²) in [7, 11) is -3.16. The van der Waals surface area contributed by atoms with Crippen molar-refractivity contribution in [2.75, 3.05) is 29.2 Å². The molecule has 0 aromatic heterocycles. The Kier molecular flexibility index (Phi) is 8.46. The maximum absolute atomic E-state index is 11.5. The van der Waals surface area contributed by atoms with E-state index in [1.807, 2.05) is 36.6 Å². The Labute approximate surface area is 207 Å². The molecule has 2 aromatic rings. The van der Waals surface area contributed by atoms with Crippen molar-refractivity contribution in [1.29, 1.82) is 0 Å². The Morgan fingerprint density at radius 1 is 1.26 bits per heavy atom. The van der Waals surface area contributed by atoms with Gasteiger partial charge in [-0.05, 0) is 49.4 Å². The lowest BCUT2D eigenvalue weighted by molar-refractivity contribution is -0.131. The van der Waals surface area contributed by atoms with Crippen molar-refractivity contribution in [1.82, 2.24) is 0 Å². The minimum atomic E-state index is -3.16. The average Bonchev–Trinajstić information content (AvgIpc) is 2.90. The van der Waals surface area contributed by atoms with E-state index < -0.39 is 16.6 Å². The highest BCUT2D eigenvalue weighted by atomic mass is 32.3. The summed E-state index contributed by atoms with van der Waals surface area (Å²) in [5, 5.41) is 8.90. The summed E-state index contributed by atoms with van der Waals surface area (Å²) in [6.07, 6.45) is 7.62. The first-order valence-electron chi connectivity index (χ1n) is 11.3. The number of anilines is 3. The first kappa shape index (κ1) is 26.3. The number of nitrogens with two attached hydrogens (primary N) is 1. The van der Waals surface area contributed by atoms with Crippen molar-refractivity contribution in [2.24, 2.45) is 5.41 Å². The standard InChI is InChI=1S/C25H34N2O5S2/c1-4-6-12-25(5-2)16-27(19-9-7-18(26)8-10-19)20-14-22(33-3)21(32-13-11-24(28)29)15-23(20)34(30,31)17-25/h7-11,13-15,30-31H,4-6,12,16-17,26H2,1-3H3,(H,28,29). The second kappa shape index (κ2) is 10.9.